The van der Waals surface area contributed by atoms with Crippen molar-refractivity contribution in [3.05, 3.63) is 29.3 Å². The summed E-state index contributed by atoms with van der Waals surface area (Å²) in [4.78, 5) is 24.2. The lowest BCUT2D eigenvalue weighted by Crippen LogP contribution is -2.36. The van der Waals surface area contributed by atoms with E-state index in [9.17, 15) is 9.59 Å². The standard InChI is InChI=1S/C16H25N3O2S/c1-10(2)18-15(20)13-9-12(6-5-11(13)3)19-16(21)14(17)7-8-22-4/h5-6,9-10,14H,7-8,17H2,1-4H3,(H,18,20)(H,19,21)/t14-/m0/s1. The number of anilines is 1. The molecule has 4 N–H and O–H groups in total. The minimum absolute atomic E-state index is 0.0603. The lowest BCUT2D eigenvalue weighted by Gasteiger charge is -2.14. The molecule has 0 radical (unpaired) electrons. The predicted octanol–water partition coefficient (Wildman–Crippen LogP) is 2.15. The number of hydrogen-bond acceptors (Lipinski definition) is 4. The molecule has 1 atom stereocenters. The monoisotopic (exact) mass is 323 g/mol. The van der Waals surface area contributed by atoms with Crippen molar-refractivity contribution in [1.82, 2.24) is 5.32 Å². The molecule has 1 aromatic rings. The number of thioether (sulfide) groups is 1. The molecule has 6 heteroatoms. The van der Waals surface area contributed by atoms with Crippen LogP contribution in [0.4, 0.5) is 5.69 Å². The van der Waals surface area contributed by atoms with Gasteiger partial charge in [0.15, 0.2) is 0 Å². The van der Waals surface area contributed by atoms with Crippen molar-refractivity contribution in [3.63, 3.8) is 0 Å². The van der Waals surface area contributed by atoms with Crippen molar-refractivity contribution in [2.75, 3.05) is 17.3 Å². The summed E-state index contributed by atoms with van der Waals surface area (Å²) in [5, 5.41) is 5.63. The number of nitrogens with two attached hydrogens (primary N) is 1. The molecule has 22 heavy (non-hydrogen) atoms. The zero-order valence-electron chi connectivity index (χ0n) is 13.6. The van der Waals surface area contributed by atoms with Crippen molar-refractivity contribution in [2.24, 2.45) is 5.73 Å². The number of hydrogen-bond donors (Lipinski definition) is 3. The van der Waals surface area contributed by atoms with Gasteiger partial charge >= 0.3 is 0 Å². The first kappa shape index (κ1) is 18.5. The van der Waals surface area contributed by atoms with Gasteiger partial charge in [0.25, 0.3) is 5.91 Å². The van der Waals surface area contributed by atoms with E-state index >= 15 is 0 Å². The number of benzene rings is 1. The summed E-state index contributed by atoms with van der Waals surface area (Å²) in [7, 11) is 0. The lowest BCUT2D eigenvalue weighted by atomic mass is 10.1. The summed E-state index contributed by atoms with van der Waals surface area (Å²) in [6.07, 6.45) is 2.60. The fourth-order valence-electron chi connectivity index (χ4n) is 1.90. The molecule has 5 nitrogen and oxygen atoms in total. The molecule has 0 aliphatic carbocycles. The summed E-state index contributed by atoms with van der Waals surface area (Å²) in [6, 6.07) is 4.80. The van der Waals surface area contributed by atoms with Crippen molar-refractivity contribution in [3.8, 4) is 0 Å². The highest BCUT2D eigenvalue weighted by molar-refractivity contribution is 7.98. The number of carbonyl (C=O) groups excluding carboxylic acids is 2. The number of nitrogens with one attached hydrogen (secondary N) is 2. The van der Waals surface area contributed by atoms with Crippen molar-refractivity contribution in [2.45, 2.75) is 39.3 Å². The van der Waals surface area contributed by atoms with Crippen LogP contribution in [0.2, 0.25) is 0 Å². The second kappa shape index (κ2) is 8.80. The van der Waals surface area contributed by atoms with E-state index in [0.29, 0.717) is 17.7 Å². The highest BCUT2D eigenvalue weighted by Gasteiger charge is 2.15. The highest BCUT2D eigenvalue weighted by Crippen LogP contribution is 2.16. The van der Waals surface area contributed by atoms with Crippen LogP contribution in [0.3, 0.4) is 0 Å². The topological polar surface area (TPSA) is 84.2 Å². The second-order valence-electron chi connectivity index (χ2n) is 5.54. The van der Waals surface area contributed by atoms with Crippen LogP contribution in [0.25, 0.3) is 0 Å². The normalized spacial score (nSPS) is 12.1. The van der Waals surface area contributed by atoms with Gasteiger partial charge in [-0.1, -0.05) is 6.07 Å². The Morgan fingerprint density at radius 2 is 2.00 bits per heavy atom. The average Bonchev–Trinajstić information content (AvgIpc) is 2.45. The Hall–Kier alpha value is -1.53. The number of aryl methyl sites for hydroxylation is 1. The number of amides is 2. The maximum atomic E-state index is 12.1. The summed E-state index contributed by atoms with van der Waals surface area (Å²) in [6.45, 7) is 5.68. The van der Waals surface area contributed by atoms with Crippen LogP contribution < -0.4 is 16.4 Å². The third-order valence-corrected chi connectivity index (χ3v) is 3.78. The third-order valence-electron chi connectivity index (χ3n) is 3.14. The maximum absolute atomic E-state index is 12.1. The average molecular weight is 323 g/mol. The van der Waals surface area contributed by atoms with Gasteiger partial charge in [-0.05, 0) is 56.9 Å². The summed E-state index contributed by atoms with van der Waals surface area (Å²) >= 11 is 1.65. The van der Waals surface area contributed by atoms with E-state index in [-0.39, 0.29) is 17.9 Å². The van der Waals surface area contributed by atoms with Gasteiger partial charge in [-0.3, -0.25) is 9.59 Å². The zero-order valence-corrected chi connectivity index (χ0v) is 14.4. The van der Waals surface area contributed by atoms with Gasteiger partial charge in [0.2, 0.25) is 5.91 Å². The molecule has 122 valence electrons. The molecule has 0 saturated carbocycles. The van der Waals surface area contributed by atoms with Gasteiger partial charge in [0, 0.05) is 17.3 Å². The summed E-state index contributed by atoms with van der Waals surface area (Å²) < 4.78 is 0. The molecule has 0 bridgehead atoms. The maximum Gasteiger partial charge on any atom is 0.251 e. The van der Waals surface area contributed by atoms with E-state index in [1.54, 1.807) is 23.9 Å². The first-order chi connectivity index (χ1) is 10.3. The van der Waals surface area contributed by atoms with Crippen LogP contribution in [0.15, 0.2) is 18.2 Å². The molecule has 0 fully saturated rings. The van der Waals surface area contributed by atoms with E-state index in [2.05, 4.69) is 10.6 Å². The molecule has 0 aliphatic heterocycles. The van der Waals surface area contributed by atoms with E-state index < -0.39 is 6.04 Å². The van der Waals surface area contributed by atoms with Gasteiger partial charge in [-0.2, -0.15) is 11.8 Å². The van der Waals surface area contributed by atoms with Crippen LogP contribution >= 0.6 is 11.8 Å². The molecule has 0 heterocycles. The van der Waals surface area contributed by atoms with E-state index in [1.165, 1.54) is 0 Å². The van der Waals surface area contributed by atoms with Gasteiger partial charge in [0.05, 0.1) is 6.04 Å². The Morgan fingerprint density at radius 3 is 2.59 bits per heavy atom. The Balaban J connectivity index is 2.80. The predicted molar refractivity (Wildman–Crippen MR) is 93.4 cm³/mol. The van der Waals surface area contributed by atoms with Crippen LogP contribution in [0.1, 0.15) is 36.2 Å². The summed E-state index contributed by atoms with van der Waals surface area (Å²) in [5.41, 5.74) is 7.85. The first-order valence-electron chi connectivity index (χ1n) is 7.32. The van der Waals surface area contributed by atoms with E-state index in [0.717, 1.165) is 11.3 Å². The zero-order chi connectivity index (χ0) is 16.7. The van der Waals surface area contributed by atoms with Gasteiger partial charge in [-0.25, -0.2) is 0 Å². The van der Waals surface area contributed by atoms with Gasteiger partial charge in [0.1, 0.15) is 0 Å². The first-order valence-corrected chi connectivity index (χ1v) is 8.71. The largest absolute Gasteiger partial charge is 0.350 e. The summed E-state index contributed by atoms with van der Waals surface area (Å²) in [5.74, 6) is 0.466. The van der Waals surface area contributed by atoms with Gasteiger partial charge < -0.3 is 16.4 Å². The fraction of sp³-hybridized carbons (Fsp3) is 0.500. The van der Waals surface area contributed by atoms with Crippen LogP contribution in [-0.4, -0.2) is 35.9 Å². The third kappa shape index (κ3) is 5.69. The SMILES string of the molecule is CSCC[C@H](N)C(=O)Nc1ccc(C)c(C(=O)NC(C)C)c1. The molecule has 1 rings (SSSR count). The Labute approximate surface area is 136 Å². The minimum Gasteiger partial charge on any atom is -0.350 e. The lowest BCUT2D eigenvalue weighted by molar-refractivity contribution is -0.117. The van der Waals surface area contributed by atoms with Crippen LogP contribution in [0, 0.1) is 6.92 Å². The Bertz CT molecular complexity index is 532. The van der Waals surface area contributed by atoms with E-state index in [4.69, 9.17) is 5.73 Å². The molecule has 0 aliphatic rings. The molecule has 2 amide bonds. The fourth-order valence-corrected chi connectivity index (χ4v) is 2.38. The number of rotatable bonds is 7. The highest BCUT2D eigenvalue weighted by atomic mass is 32.2. The molecule has 0 unspecified atom stereocenters. The Kier molecular flexibility index (Phi) is 7.41. The molecular weight excluding hydrogens is 298 g/mol. The van der Waals surface area contributed by atoms with Crippen LogP contribution in [0.5, 0.6) is 0 Å². The number of carbonyl (C=O) groups is 2. The molecule has 0 spiro atoms. The van der Waals surface area contributed by atoms with Crippen molar-refractivity contribution in [1.29, 1.82) is 0 Å². The molecular formula is C16H25N3O2S. The molecule has 1 aromatic carbocycles. The Morgan fingerprint density at radius 1 is 1.32 bits per heavy atom. The van der Waals surface area contributed by atoms with Crippen molar-refractivity contribution < 1.29 is 9.59 Å². The van der Waals surface area contributed by atoms with Crippen LogP contribution in [-0.2, 0) is 4.79 Å². The van der Waals surface area contributed by atoms with Crippen molar-refractivity contribution >= 4 is 29.3 Å². The van der Waals surface area contributed by atoms with Gasteiger partial charge in [-0.15, -0.1) is 0 Å². The van der Waals surface area contributed by atoms with E-state index in [1.807, 2.05) is 33.1 Å². The molecule has 0 aromatic heterocycles. The second-order valence-corrected chi connectivity index (χ2v) is 6.52. The quantitative estimate of drug-likeness (QED) is 0.718. The molecule has 0 saturated heterocycles. The minimum atomic E-state index is -0.540. The smallest absolute Gasteiger partial charge is 0.251 e.